The molecular weight excluding hydrogens is 1000 g/mol. The van der Waals surface area contributed by atoms with Gasteiger partial charge in [0.05, 0.1) is 44.1 Å². The number of allylic oxidation sites excluding steroid dienone is 1. The zero-order valence-corrected chi connectivity index (χ0v) is 45.8. The highest BCUT2D eigenvalue weighted by atomic mass is 32.3. The molecule has 2 fully saturated rings. The monoisotopic (exact) mass is 1100 g/mol. The second kappa shape index (κ2) is 37.4. The first kappa shape index (κ1) is 68.6. The summed E-state index contributed by atoms with van der Waals surface area (Å²) in [5, 5.41) is 102. The predicted octanol–water partition coefficient (Wildman–Crippen LogP) is 3.26. The largest absolute Gasteiger partial charge is 0.726 e. The Hall–Kier alpha value is -2.46. The molecule has 0 spiro atoms. The summed E-state index contributed by atoms with van der Waals surface area (Å²) in [4.78, 5) is 38.2. The number of carbonyl (C=O) groups is 3. The Kier molecular flexibility index (Phi) is 34.2. The fourth-order valence-corrected chi connectivity index (χ4v) is 9.83. The van der Waals surface area contributed by atoms with Crippen molar-refractivity contribution in [1.82, 2.24) is 10.6 Å². The summed E-state index contributed by atoms with van der Waals surface area (Å²) in [6.07, 6.45) is 6.78. The smallest absolute Gasteiger partial charge is 0.364 e. The van der Waals surface area contributed by atoms with Gasteiger partial charge >= 0.3 is 5.97 Å². The number of aliphatic hydroxyl groups is 8. The SMILES string of the molecule is CCCCCCCCCCCCCCCC[C@@H](O)C(=O)N[C@@H](CO[C@@H]1O[C@H](CO[C@]2(C(=O)O)C[C@H](O)[C@@H](NC(C)=O)[C@H](C(O)C(CO)OS(=O)(=O)[O-])O2)[C@@H](O)[C@H](O)[C@H]1O)[C@H](O)/C=C/CCCCCCCCCC(C)C. The summed E-state index contributed by atoms with van der Waals surface area (Å²) in [7, 11) is -5.59. The molecule has 2 aliphatic heterocycles. The van der Waals surface area contributed by atoms with Gasteiger partial charge in [0, 0.05) is 13.3 Å². The Morgan fingerprint density at radius 1 is 0.787 bits per heavy atom. The summed E-state index contributed by atoms with van der Waals surface area (Å²) >= 11 is 0. The third kappa shape index (κ3) is 26.8. The highest BCUT2D eigenvalue weighted by Gasteiger charge is 2.57. The van der Waals surface area contributed by atoms with Gasteiger partial charge in [-0.25, -0.2) is 13.2 Å². The molecule has 2 aliphatic rings. The molecule has 2 unspecified atom stereocenters. The number of hydrogen-bond donors (Lipinski definition) is 11. The van der Waals surface area contributed by atoms with E-state index in [1.165, 1.54) is 89.5 Å². The van der Waals surface area contributed by atoms with Crippen LogP contribution in [0.2, 0.25) is 0 Å². The molecule has 0 saturated carbocycles. The molecule has 2 saturated heterocycles. The van der Waals surface area contributed by atoms with Gasteiger partial charge in [0.15, 0.2) is 6.29 Å². The Labute approximate surface area is 445 Å². The normalized spacial score (nSPS) is 26.5. The molecular formula is C52H95N2O20S-. The highest BCUT2D eigenvalue weighted by Crippen LogP contribution is 2.35. The molecule has 11 N–H and O–H groups in total. The van der Waals surface area contributed by atoms with Gasteiger partial charge in [0.1, 0.15) is 48.8 Å². The van der Waals surface area contributed by atoms with Crippen LogP contribution in [0.5, 0.6) is 0 Å². The number of nitrogens with one attached hydrogen (secondary N) is 2. The van der Waals surface area contributed by atoms with E-state index in [0.717, 1.165) is 58.3 Å². The van der Waals surface area contributed by atoms with Crippen molar-refractivity contribution in [1.29, 1.82) is 0 Å². The number of ether oxygens (including phenoxy) is 4. The van der Waals surface area contributed by atoms with Crippen LogP contribution in [0.4, 0.5) is 0 Å². The average Bonchev–Trinajstić information content (AvgIpc) is 3.35. The topological polar surface area (TPSA) is 361 Å². The van der Waals surface area contributed by atoms with Crippen molar-refractivity contribution in [3.63, 3.8) is 0 Å². The summed E-state index contributed by atoms with van der Waals surface area (Å²) in [6.45, 7) is 4.72. The molecule has 0 aromatic rings. The zero-order valence-electron chi connectivity index (χ0n) is 45.0. The standard InChI is InChI=1S/C52H96N2O20S/c1-5-6-7-8-9-10-11-12-13-14-17-21-24-27-30-39(58)49(64)54-37(38(57)29-26-23-20-18-15-16-19-22-25-28-35(2)3)33-70-50-47(63)46(62)44(60)42(72-50)34-71-52(51(65)66)31-40(59)43(53-36(4)56)48(73-52)45(61)41(32-55)74-75(67,68)69/h26,29,35,37-48,50,55,57-63H,5-25,27-28,30-34H2,1-4H3,(H,53,56)(H,54,64)(H,65,66)(H,67,68,69)/p-1/b29-26+/t37-,38+,39+,40-,41?,42+,43+,44+,45?,46-,47+,48+,50+,52+/m0/s1. The second-order valence-corrected chi connectivity index (χ2v) is 21.9. The minimum atomic E-state index is -5.59. The van der Waals surface area contributed by atoms with Crippen molar-refractivity contribution < 1.29 is 96.4 Å². The molecule has 0 radical (unpaired) electrons. The first-order valence-corrected chi connectivity index (χ1v) is 29.0. The molecule has 14 atom stereocenters. The zero-order chi connectivity index (χ0) is 56.0. The van der Waals surface area contributed by atoms with Crippen LogP contribution >= 0.6 is 0 Å². The molecule has 75 heavy (non-hydrogen) atoms. The number of carboxylic acids is 1. The molecule has 2 amide bonds. The highest BCUT2D eigenvalue weighted by molar-refractivity contribution is 7.80. The fraction of sp³-hybridized carbons (Fsp3) is 0.904. The average molecular weight is 1100 g/mol. The van der Waals surface area contributed by atoms with Crippen molar-refractivity contribution >= 4 is 28.2 Å². The Morgan fingerprint density at radius 2 is 1.32 bits per heavy atom. The second-order valence-electron chi connectivity index (χ2n) is 20.9. The van der Waals surface area contributed by atoms with Crippen LogP contribution in [0.1, 0.15) is 188 Å². The maximum absolute atomic E-state index is 13.4. The van der Waals surface area contributed by atoms with E-state index >= 15 is 0 Å². The van der Waals surface area contributed by atoms with E-state index in [1.807, 2.05) is 0 Å². The summed E-state index contributed by atoms with van der Waals surface area (Å²) in [5.41, 5.74) is 0. The van der Waals surface area contributed by atoms with Gasteiger partial charge in [-0.3, -0.25) is 13.8 Å². The summed E-state index contributed by atoms with van der Waals surface area (Å²) in [6, 6.07) is -2.94. The van der Waals surface area contributed by atoms with Gasteiger partial charge in [0.2, 0.25) is 22.2 Å². The molecule has 2 heterocycles. The van der Waals surface area contributed by atoms with Crippen LogP contribution in [0.15, 0.2) is 12.2 Å². The van der Waals surface area contributed by atoms with Crippen molar-refractivity contribution in [2.75, 3.05) is 19.8 Å². The van der Waals surface area contributed by atoms with Crippen molar-refractivity contribution in [3.8, 4) is 0 Å². The first-order valence-electron chi connectivity index (χ1n) is 27.6. The van der Waals surface area contributed by atoms with Crippen LogP contribution in [0.25, 0.3) is 0 Å². The van der Waals surface area contributed by atoms with E-state index in [-0.39, 0.29) is 6.42 Å². The Bertz CT molecular complexity index is 1710. The molecule has 0 aromatic carbocycles. The fourth-order valence-electron chi connectivity index (χ4n) is 9.35. The maximum atomic E-state index is 13.4. The lowest BCUT2D eigenvalue weighted by Gasteiger charge is -2.47. The predicted molar refractivity (Wildman–Crippen MR) is 274 cm³/mol. The molecule has 0 bridgehead atoms. The summed E-state index contributed by atoms with van der Waals surface area (Å²) < 4.78 is 61.0. The number of amides is 2. The lowest BCUT2D eigenvalue weighted by molar-refractivity contribution is -0.338. The first-order chi connectivity index (χ1) is 35.6. The van der Waals surface area contributed by atoms with Gasteiger partial charge in [-0.15, -0.1) is 0 Å². The molecule has 0 aliphatic carbocycles. The van der Waals surface area contributed by atoms with E-state index in [9.17, 15) is 73.3 Å². The van der Waals surface area contributed by atoms with E-state index in [4.69, 9.17) is 18.9 Å². The van der Waals surface area contributed by atoms with E-state index in [2.05, 4.69) is 35.6 Å². The number of carbonyl (C=O) groups excluding carboxylic acids is 2. The Morgan fingerprint density at radius 3 is 1.83 bits per heavy atom. The van der Waals surface area contributed by atoms with E-state index in [1.54, 1.807) is 6.08 Å². The van der Waals surface area contributed by atoms with Crippen LogP contribution in [0.3, 0.4) is 0 Å². The van der Waals surface area contributed by atoms with E-state index < -0.39 is 140 Å². The lowest BCUT2D eigenvalue weighted by atomic mass is 9.88. The quantitative estimate of drug-likeness (QED) is 0.0181. The minimum Gasteiger partial charge on any atom is -0.726 e. The van der Waals surface area contributed by atoms with Gasteiger partial charge in [0.25, 0.3) is 5.79 Å². The minimum absolute atomic E-state index is 0.168. The van der Waals surface area contributed by atoms with Crippen LogP contribution in [0, 0.1) is 5.92 Å². The molecule has 0 aromatic heterocycles. The van der Waals surface area contributed by atoms with Crippen molar-refractivity contribution in [2.45, 2.75) is 273 Å². The maximum Gasteiger partial charge on any atom is 0.364 e. The molecule has 440 valence electrons. The van der Waals surface area contributed by atoms with Gasteiger partial charge < -0.3 is 80.1 Å². The van der Waals surface area contributed by atoms with Gasteiger partial charge in [-0.1, -0.05) is 168 Å². The number of aliphatic carboxylic acids is 1. The van der Waals surface area contributed by atoms with Crippen LogP contribution in [-0.4, -0.2) is 182 Å². The summed E-state index contributed by atoms with van der Waals surface area (Å²) in [5.74, 6) is -5.87. The third-order valence-corrected chi connectivity index (χ3v) is 14.3. The number of carboxylic acid groups (broad SMARTS) is 1. The number of rotatable bonds is 42. The Balaban J connectivity index is 2.14. The van der Waals surface area contributed by atoms with Crippen LogP contribution in [-0.2, 0) is 47.9 Å². The number of hydrogen-bond acceptors (Lipinski definition) is 19. The van der Waals surface area contributed by atoms with Crippen LogP contribution < -0.4 is 10.6 Å². The van der Waals surface area contributed by atoms with Crippen molar-refractivity contribution in [3.05, 3.63) is 12.2 Å². The number of aliphatic hydroxyl groups excluding tert-OH is 8. The molecule has 2 rings (SSSR count). The molecule has 23 heteroatoms. The van der Waals surface area contributed by atoms with E-state index in [0.29, 0.717) is 18.8 Å². The third-order valence-electron chi connectivity index (χ3n) is 13.9. The molecule has 22 nitrogen and oxygen atoms in total. The lowest BCUT2D eigenvalue weighted by Crippen LogP contribution is -2.68. The van der Waals surface area contributed by atoms with Gasteiger partial charge in [-0.2, -0.15) is 0 Å². The van der Waals surface area contributed by atoms with Gasteiger partial charge in [-0.05, 0) is 25.2 Å². The number of unbranched alkanes of at least 4 members (excludes halogenated alkanes) is 20. The van der Waals surface area contributed by atoms with Crippen molar-refractivity contribution in [2.24, 2.45) is 5.92 Å².